The van der Waals surface area contributed by atoms with Crippen LogP contribution in [0.15, 0.2) is 22.7 Å². The Hall–Kier alpha value is 0.130. The third-order valence-corrected chi connectivity index (χ3v) is 5.28. The summed E-state index contributed by atoms with van der Waals surface area (Å²) in [4.78, 5) is 2.59. The van der Waals surface area contributed by atoms with Gasteiger partial charge in [-0.3, -0.25) is 4.90 Å². The molecule has 126 valence electrons. The first-order chi connectivity index (χ1) is 9.75. The Morgan fingerprint density at radius 1 is 1.14 bits per heavy atom. The van der Waals surface area contributed by atoms with Gasteiger partial charge in [-0.15, -0.1) is 24.8 Å². The number of halogens is 4. The van der Waals surface area contributed by atoms with Gasteiger partial charge in [0.05, 0.1) is 4.47 Å². The third-order valence-electron chi connectivity index (χ3n) is 4.68. The van der Waals surface area contributed by atoms with Gasteiger partial charge in [0, 0.05) is 32.2 Å². The summed E-state index contributed by atoms with van der Waals surface area (Å²) in [6.45, 7) is 4.31. The van der Waals surface area contributed by atoms with Gasteiger partial charge >= 0.3 is 0 Å². The lowest BCUT2D eigenvalue weighted by atomic mass is 9.90. The average molecular weight is 414 g/mol. The van der Waals surface area contributed by atoms with Crippen molar-refractivity contribution in [3.05, 3.63) is 34.1 Å². The van der Waals surface area contributed by atoms with Crippen LogP contribution in [0.4, 0.5) is 4.39 Å². The van der Waals surface area contributed by atoms with E-state index in [1.54, 1.807) is 6.07 Å². The van der Waals surface area contributed by atoms with E-state index in [1.165, 1.54) is 31.2 Å². The molecule has 0 aromatic heterocycles. The van der Waals surface area contributed by atoms with E-state index < -0.39 is 0 Å². The van der Waals surface area contributed by atoms with E-state index >= 15 is 0 Å². The zero-order chi connectivity index (χ0) is 13.9. The number of rotatable bonds is 3. The van der Waals surface area contributed by atoms with Crippen molar-refractivity contribution in [1.29, 1.82) is 0 Å². The van der Waals surface area contributed by atoms with Gasteiger partial charge in [-0.1, -0.05) is 18.9 Å². The second kappa shape index (κ2) is 9.43. The molecule has 1 saturated heterocycles. The summed E-state index contributed by atoms with van der Waals surface area (Å²) in [7, 11) is 0. The summed E-state index contributed by atoms with van der Waals surface area (Å²) in [6, 6.07) is 6.02. The normalized spacial score (nSPS) is 21.0. The highest BCUT2D eigenvalue weighted by Crippen LogP contribution is 2.40. The lowest BCUT2D eigenvalue weighted by Crippen LogP contribution is -2.46. The highest BCUT2D eigenvalue weighted by Gasteiger charge is 2.32. The fourth-order valence-electron chi connectivity index (χ4n) is 3.71. The van der Waals surface area contributed by atoms with Gasteiger partial charge in [0.25, 0.3) is 0 Å². The zero-order valence-corrected chi connectivity index (χ0v) is 15.8. The van der Waals surface area contributed by atoms with Crippen molar-refractivity contribution < 1.29 is 4.39 Å². The zero-order valence-electron chi connectivity index (χ0n) is 12.6. The third kappa shape index (κ3) is 4.57. The van der Waals surface area contributed by atoms with E-state index in [2.05, 4.69) is 26.1 Å². The first-order valence-corrected chi connectivity index (χ1v) is 8.45. The van der Waals surface area contributed by atoms with Crippen LogP contribution >= 0.6 is 40.7 Å². The molecule has 0 bridgehead atoms. The SMILES string of the molecule is Cl.Cl.Fc1ccc([C@H](C2CCCC2)N2CCNCC2)cc1Br. The number of nitrogens with one attached hydrogen (secondary N) is 1. The lowest BCUT2D eigenvalue weighted by Gasteiger charge is -2.38. The number of piperazine rings is 1. The second-order valence-electron chi connectivity index (χ2n) is 5.95. The maximum absolute atomic E-state index is 13.5. The Morgan fingerprint density at radius 2 is 1.77 bits per heavy atom. The van der Waals surface area contributed by atoms with Crippen molar-refractivity contribution in [1.82, 2.24) is 10.2 Å². The molecule has 1 aliphatic carbocycles. The summed E-state index contributed by atoms with van der Waals surface area (Å²) in [5, 5.41) is 3.42. The van der Waals surface area contributed by atoms with E-state index in [9.17, 15) is 4.39 Å². The van der Waals surface area contributed by atoms with Gasteiger partial charge in [0.1, 0.15) is 5.82 Å². The van der Waals surface area contributed by atoms with Gasteiger partial charge in [0.15, 0.2) is 0 Å². The van der Waals surface area contributed by atoms with Crippen LogP contribution in [0.25, 0.3) is 0 Å². The van der Waals surface area contributed by atoms with Crippen LogP contribution in [0.1, 0.15) is 37.3 Å². The van der Waals surface area contributed by atoms with Crippen molar-refractivity contribution in [3.8, 4) is 0 Å². The van der Waals surface area contributed by atoms with Crippen LogP contribution in [-0.2, 0) is 0 Å². The van der Waals surface area contributed by atoms with Crippen molar-refractivity contribution in [2.24, 2.45) is 5.92 Å². The Bertz CT molecular complexity index is 463. The van der Waals surface area contributed by atoms with E-state index in [0.717, 1.165) is 32.1 Å². The monoisotopic (exact) mass is 412 g/mol. The summed E-state index contributed by atoms with van der Waals surface area (Å²) in [5.41, 5.74) is 1.27. The van der Waals surface area contributed by atoms with Gasteiger partial charge in [-0.25, -0.2) is 4.39 Å². The summed E-state index contributed by atoms with van der Waals surface area (Å²) < 4.78 is 14.1. The molecule has 6 heteroatoms. The van der Waals surface area contributed by atoms with E-state index in [1.807, 2.05) is 12.1 Å². The first kappa shape index (κ1) is 20.2. The quantitative estimate of drug-likeness (QED) is 0.780. The summed E-state index contributed by atoms with van der Waals surface area (Å²) >= 11 is 3.34. The molecule has 1 aromatic carbocycles. The predicted octanol–water partition coefficient (Wildman–Crippen LogP) is 4.57. The predicted molar refractivity (Wildman–Crippen MR) is 97.7 cm³/mol. The minimum Gasteiger partial charge on any atom is -0.314 e. The molecule has 2 aliphatic rings. The average Bonchev–Trinajstić information content (AvgIpc) is 2.98. The molecule has 1 aromatic rings. The molecule has 22 heavy (non-hydrogen) atoms. The standard InChI is InChI=1S/C16H22BrFN2.2ClH/c17-14-11-13(5-6-15(14)18)16(12-3-1-2-4-12)20-9-7-19-8-10-20;;/h5-6,11-12,16,19H,1-4,7-10H2;2*1H/t16-;;/m0../s1. The molecule has 1 heterocycles. The molecular formula is C16H24BrCl2FN2. The van der Waals surface area contributed by atoms with Crippen LogP contribution < -0.4 is 5.32 Å². The molecule has 0 amide bonds. The number of nitrogens with zero attached hydrogens (tertiary/aromatic N) is 1. The highest BCUT2D eigenvalue weighted by molar-refractivity contribution is 9.10. The molecule has 2 fully saturated rings. The molecule has 0 spiro atoms. The van der Waals surface area contributed by atoms with Gasteiger partial charge in [0.2, 0.25) is 0 Å². The molecule has 1 atom stereocenters. The highest BCUT2D eigenvalue weighted by atomic mass is 79.9. The number of benzene rings is 1. The Morgan fingerprint density at radius 3 is 2.36 bits per heavy atom. The molecule has 1 N–H and O–H groups in total. The lowest BCUT2D eigenvalue weighted by molar-refractivity contribution is 0.125. The van der Waals surface area contributed by atoms with Crippen molar-refractivity contribution in [2.45, 2.75) is 31.7 Å². The fourth-order valence-corrected chi connectivity index (χ4v) is 4.11. The van der Waals surface area contributed by atoms with Crippen LogP contribution in [-0.4, -0.2) is 31.1 Å². The van der Waals surface area contributed by atoms with Crippen molar-refractivity contribution in [3.63, 3.8) is 0 Å². The molecule has 0 unspecified atom stereocenters. The molecule has 0 radical (unpaired) electrons. The number of hydrogen-bond acceptors (Lipinski definition) is 2. The van der Waals surface area contributed by atoms with Crippen LogP contribution in [0.5, 0.6) is 0 Å². The molecule has 2 nitrogen and oxygen atoms in total. The Labute approximate surface area is 153 Å². The van der Waals surface area contributed by atoms with Crippen molar-refractivity contribution in [2.75, 3.05) is 26.2 Å². The maximum atomic E-state index is 13.5. The van der Waals surface area contributed by atoms with E-state index in [4.69, 9.17) is 0 Å². The summed E-state index contributed by atoms with van der Waals surface area (Å²) in [5.74, 6) is 0.560. The largest absolute Gasteiger partial charge is 0.314 e. The van der Waals surface area contributed by atoms with Gasteiger partial charge in [-0.2, -0.15) is 0 Å². The second-order valence-corrected chi connectivity index (χ2v) is 6.80. The van der Waals surface area contributed by atoms with E-state index in [-0.39, 0.29) is 30.6 Å². The minimum atomic E-state index is -0.167. The fraction of sp³-hybridized carbons (Fsp3) is 0.625. The molecule has 1 aliphatic heterocycles. The van der Waals surface area contributed by atoms with Crippen LogP contribution in [0.3, 0.4) is 0 Å². The van der Waals surface area contributed by atoms with Gasteiger partial charge in [-0.05, 0) is 52.4 Å². The van der Waals surface area contributed by atoms with Crippen LogP contribution in [0.2, 0.25) is 0 Å². The van der Waals surface area contributed by atoms with E-state index in [0.29, 0.717) is 10.5 Å². The molecule has 3 rings (SSSR count). The van der Waals surface area contributed by atoms with Crippen LogP contribution in [0, 0.1) is 11.7 Å². The summed E-state index contributed by atoms with van der Waals surface area (Å²) in [6.07, 6.45) is 5.30. The minimum absolute atomic E-state index is 0. The maximum Gasteiger partial charge on any atom is 0.137 e. The first-order valence-electron chi connectivity index (χ1n) is 7.65. The Balaban J connectivity index is 0.00000121. The topological polar surface area (TPSA) is 15.3 Å². The smallest absolute Gasteiger partial charge is 0.137 e. The molecule has 1 saturated carbocycles. The number of hydrogen-bond donors (Lipinski definition) is 1. The van der Waals surface area contributed by atoms with Crippen molar-refractivity contribution >= 4 is 40.7 Å². The Kier molecular flexibility index (Phi) is 8.65. The van der Waals surface area contributed by atoms with Gasteiger partial charge < -0.3 is 5.32 Å². The molecular weight excluding hydrogens is 390 g/mol.